The fourth-order valence-corrected chi connectivity index (χ4v) is 6.27. The van der Waals surface area contributed by atoms with Gasteiger partial charge in [0.1, 0.15) is 7.05 Å². The monoisotopic (exact) mass is 448 g/mol. The summed E-state index contributed by atoms with van der Waals surface area (Å²) in [5.41, 5.74) is 8.06. The summed E-state index contributed by atoms with van der Waals surface area (Å²) in [6.45, 7) is 6.09. The number of rotatable bonds is 4. The van der Waals surface area contributed by atoms with Crippen molar-refractivity contribution in [1.29, 1.82) is 0 Å². The highest BCUT2D eigenvalue weighted by Crippen LogP contribution is 2.51. The molecule has 7 rings (SSSR count). The van der Waals surface area contributed by atoms with Crippen molar-refractivity contribution in [3.63, 3.8) is 0 Å². The lowest BCUT2D eigenvalue weighted by Crippen LogP contribution is -2.32. The van der Waals surface area contributed by atoms with Crippen molar-refractivity contribution in [3.05, 3.63) is 89.6 Å². The predicted molar refractivity (Wildman–Crippen MR) is 143 cm³/mol. The third kappa shape index (κ3) is 3.76. The summed E-state index contributed by atoms with van der Waals surface area (Å²) in [5.74, 6) is 0.369. The van der Waals surface area contributed by atoms with Crippen molar-refractivity contribution >= 4 is 10.8 Å². The van der Waals surface area contributed by atoms with Crippen LogP contribution in [0.4, 0.5) is 0 Å². The van der Waals surface area contributed by atoms with Crippen molar-refractivity contribution in [2.45, 2.75) is 58.2 Å². The Kier molecular flexibility index (Phi) is 4.78. The molecule has 1 nitrogen and oxygen atoms in total. The van der Waals surface area contributed by atoms with Gasteiger partial charge in [0.2, 0.25) is 5.69 Å². The average molecular weight is 449 g/mol. The van der Waals surface area contributed by atoms with E-state index in [4.69, 9.17) is 1.37 Å². The van der Waals surface area contributed by atoms with Gasteiger partial charge in [-0.1, -0.05) is 62.4 Å². The van der Waals surface area contributed by atoms with Crippen LogP contribution in [-0.2, 0) is 7.05 Å². The molecule has 0 saturated heterocycles. The molecule has 0 N–H and O–H groups in total. The Bertz CT molecular complexity index is 1460. The second-order valence-electron chi connectivity index (χ2n) is 10.9. The van der Waals surface area contributed by atoms with Gasteiger partial charge in [0, 0.05) is 19.9 Å². The molecule has 4 aromatic rings. The van der Waals surface area contributed by atoms with E-state index in [9.17, 15) is 1.37 Å². The molecular weight excluding hydrogens is 410 g/mol. The number of benzene rings is 3. The first-order chi connectivity index (χ1) is 17.1. The van der Waals surface area contributed by atoms with Crippen LogP contribution in [0.5, 0.6) is 0 Å². The van der Waals surface area contributed by atoms with Crippen LogP contribution in [0.1, 0.15) is 70.8 Å². The third-order valence-corrected chi connectivity index (χ3v) is 8.20. The van der Waals surface area contributed by atoms with Gasteiger partial charge in [0.25, 0.3) is 0 Å². The summed E-state index contributed by atoms with van der Waals surface area (Å²) in [5, 5.41) is 2.40. The zero-order valence-electron chi connectivity index (χ0n) is 22.9. The molecule has 0 unspecified atom stereocenters. The van der Waals surface area contributed by atoms with Gasteiger partial charge < -0.3 is 0 Å². The molecule has 3 aliphatic rings. The van der Waals surface area contributed by atoms with E-state index in [2.05, 4.69) is 91.5 Å². The summed E-state index contributed by atoms with van der Waals surface area (Å²) in [6.07, 6.45) is 6.84. The summed E-state index contributed by atoms with van der Waals surface area (Å²) >= 11 is 0. The zero-order chi connectivity index (χ0) is 25.2. The molecule has 34 heavy (non-hydrogen) atoms. The molecule has 0 amide bonds. The molecule has 0 radical (unpaired) electrons. The fourth-order valence-electron chi connectivity index (χ4n) is 6.27. The largest absolute Gasteiger partial charge is 0.213 e. The van der Waals surface area contributed by atoms with Crippen molar-refractivity contribution in [2.75, 3.05) is 0 Å². The van der Waals surface area contributed by atoms with E-state index in [-0.39, 0.29) is 0 Å². The number of hydrogen-bond donors (Lipinski definition) is 0. The van der Waals surface area contributed by atoms with Crippen LogP contribution in [0.15, 0.2) is 72.9 Å². The van der Waals surface area contributed by atoms with Gasteiger partial charge in [-0.3, -0.25) is 0 Å². The average Bonchev–Trinajstić information content (AvgIpc) is 2.82. The first-order valence-corrected chi connectivity index (χ1v) is 12.8. The molecule has 172 valence electrons. The maximum atomic E-state index is 9.19. The maximum absolute atomic E-state index is 9.19. The number of aryl methyl sites for hydroxylation is 2. The number of pyridine rings is 1. The number of hydrogen-bond acceptors (Lipinski definition) is 0. The van der Waals surface area contributed by atoms with Crippen LogP contribution in [0, 0.1) is 18.8 Å². The Morgan fingerprint density at radius 3 is 2.29 bits per heavy atom. The van der Waals surface area contributed by atoms with E-state index in [1.54, 1.807) is 0 Å². The lowest BCUT2D eigenvalue weighted by atomic mass is 9.60. The number of aromatic nitrogens is 1. The molecule has 3 aromatic carbocycles. The lowest BCUT2D eigenvalue weighted by Gasteiger charge is -2.45. The minimum Gasteiger partial charge on any atom is -0.201 e. The van der Waals surface area contributed by atoms with Crippen LogP contribution < -0.4 is 4.57 Å². The molecule has 1 aromatic heterocycles. The quantitative estimate of drug-likeness (QED) is 0.276. The van der Waals surface area contributed by atoms with Crippen molar-refractivity contribution in [2.24, 2.45) is 18.9 Å². The van der Waals surface area contributed by atoms with E-state index in [0.717, 1.165) is 47.1 Å². The summed E-state index contributed by atoms with van der Waals surface area (Å²) in [4.78, 5) is 0. The highest BCUT2D eigenvalue weighted by atomic mass is 14.9. The van der Waals surface area contributed by atoms with Crippen LogP contribution in [0.3, 0.4) is 0 Å². The highest BCUT2D eigenvalue weighted by molar-refractivity contribution is 5.89. The molecule has 3 aliphatic carbocycles. The molecule has 1 heteroatoms. The lowest BCUT2D eigenvalue weighted by molar-refractivity contribution is -0.660. The first kappa shape index (κ1) is 19.4. The predicted octanol–water partition coefficient (Wildman–Crippen LogP) is 8.33. The first-order valence-electron chi connectivity index (χ1n) is 13.8. The molecule has 0 spiro atoms. The zero-order valence-corrected chi connectivity index (χ0v) is 20.9. The van der Waals surface area contributed by atoms with E-state index < -0.39 is 11.8 Å². The van der Waals surface area contributed by atoms with Crippen LogP contribution in [0.25, 0.3) is 33.2 Å². The van der Waals surface area contributed by atoms with Gasteiger partial charge in [-0.05, 0) is 101 Å². The van der Waals surface area contributed by atoms with E-state index in [1.807, 2.05) is 13.8 Å². The van der Waals surface area contributed by atoms with Crippen molar-refractivity contribution in [1.82, 2.24) is 0 Å². The summed E-state index contributed by atoms with van der Waals surface area (Å²) < 4.78 is 20.2. The Morgan fingerprint density at radius 1 is 0.853 bits per heavy atom. The minimum absolute atomic E-state index is 0.419. The topological polar surface area (TPSA) is 3.88 Å². The van der Waals surface area contributed by atoms with Gasteiger partial charge in [-0.25, -0.2) is 4.57 Å². The smallest absolute Gasteiger partial charge is 0.201 e. The number of fused-ring (bicyclic) bond motifs is 3. The van der Waals surface area contributed by atoms with Gasteiger partial charge in [0.15, 0.2) is 6.20 Å². The number of nitrogens with zero attached hydrogens (tertiary/aromatic N) is 1. The van der Waals surface area contributed by atoms with Crippen molar-refractivity contribution in [3.8, 4) is 22.4 Å². The molecule has 2 bridgehead atoms. The van der Waals surface area contributed by atoms with E-state index >= 15 is 0 Å². The van der Waals surface area contributed by atoms with Gasteiger partial charge in [-0.2, -0.15) is 0 Å². The summed E-state index contributed by atoms with van der Waals surface area (Å²) in [6, 6.07) is 24.1. The standard InChI is InChI=1S/C33H36N/c1-21(2)32-20-34(4)33(30-8-6-5-7-22(30)3)19-31(32)28-12-11-25-17-27(10-9-26(25)18-28)29-15-23-13-24(14-23)16-29/h5-12,17-21,23-24,29H,13-16H2,1-4H3/q+1/i21D,29D. The third-order valence-electron chi connectivity index (χ3n) is 8.20. The second-order valence-corrected chi connectivity index (χ2v) is 10.9. The Hall–Kier alpha value is -2.93. The Labute approximate surface area is 207 Å². The van der Waals surface area contributed by atoms with Crippen molar-refractivity contribution < 1.29 is 7.31 Å². The van der Waals surface area contributed by atoms with E-state index in [1.165, 1.54) is 40.3 Å². The fraction of sp³-hybridized carbons (Fsp3) is 0.364. The Morgan fingerprint density at radius 2 is 1.56 bits per heavy atom. The summed E-state index contributed by atoms with van der Waals surface area (Å²) in [7, 11) is 2.08. The molecule has 0 atom stereocenters. The minimum atomic E-state index is -0.727. The molecule has 3 fully saturated rings. The molecule has 0 aliphatic heterocycles. The normalized spacial score (nSPS) is 24.9. The SMILES string of the molecule is [2H]C(C)(C)c1c[n+](C)c(-c2ccccc2C)cc1-c1ccc2cc(C3([2H])CC4CC(C4)C3)ccc2c1. The van der Waals surface area contributed by atoms with Crippen LogP contribution in [0.2, 0.25) is 0 Å². The van der Waals surface area contributed by atoms with Gasteiger partial charge in [-0.15, -0.1) is 0 Å². The van der Waals surface area contributed by atoms with Crippen LogP contribution in [-0.4, -0.2) is 0 Å². The van der Waals surface area contributed by atoms with Gasteiger partial charge in [0.05, 0.1) is 0 Å². The molecule has 1 heterocycles. The van der Waals surface area contributed by atoms with E-state index in [0.29, 0.717) is 0 Å². The maximum Gasteiger partial charge on any atom is 0.213 e. The highest BCUT2D eigenvalue weighted by Gasteiger charge is 2.38. The molecular formula is C33H36N+. The second kappa shape index (κ2) is 8.38. The van der Waals surface area contributed by atoms with Gasteiger partial charge >= 0.3 is 0 Å². The molecule has 3 saturated carbocycles. The van der Waals surface area contributed by atoms with Crippen LogP contribution >= 0.6 is 0 Å². The Balaban J connectivity index is 1.45.